The zero-order valence-corrected chi connectivity index (χ0v) is 17.5. The van der Waals surface area contributed by atoms with E-state index in [1.807, 2.05) is 66.4 Å². The van der Waals surface area contributed by atoms with E-state index in [1.54, 1.807) is 6.20 Å². The summed E-state index contributed by atoms with van der Waals surface area (Å²) in [4.78, 5) is 33.1. The van der Waals surface area contributed by atoms with Gasteiger partial charge in [-0.15, -0.1) is 0 Å². The first-order valence-corrected chi connectivity index (χ1v) is 10.2. The van der Waals surface area contributed by atoms with Crippen LogP contribution in [0.15, 0.2) is 48.7 Å². The van der Waals surface area contributed by atoms with Crippen molar-refractivity contribution in [3.05, 3.63) is 59.9 Å². The van der Waals surface area contributed by atoms with Crippen molar-refractivity contribution >= 4 is 17.5 Å². The number of nitrogens with one attached hydrogen (secondary N) is 1. The van der Waals surface area contributed by atoms with Gasteiger partial charge in [-0.05, 0) is 42.7 Å². The fourth-order valence-electron chi connectivity index (χ4n) is 3.92. The Labute approximate surface area is 172 Å². The summed E-state index contributed by atoms with van der Waals surface area (Å²) in [7, 11) is 4.00. The number of nitrogens with zero attached hydrogens (tertiary/aromatic N) is 3. The molecule has 0 unspecified atom stereocenters. The third-order valence-corrected chi connectivity index (χ3v) is 5.46. The average Bonchev–Trinajstić information content (AvgIpc) is 2.73. The third-order valence-electron chi connectivity index (χ3n) is 5.46. The average molecular weight is 395 g/mol. The summed E-state index contributed by atoms with van der Waals surface area (Å²) in [5.41, 5.74) is 2.99. The molecule has 3 rings (SSSR count). The first kappa shape index (κ1) is 20.8. The van der Waals surface area contributed by atoms with Gasteiger partial charge in [-0.2, -0.15) is 0 Å². The molecule has 2 atom stereocenters. The standard InChI is InChI=1S/C23H30N4O2/c1-17(28)25-23(21-8-4-5-13-24-21)19-7-6-14-27(16-19)22(29)15-18-9-11-20(12-10-18)26(2)3/h4-5,8-13,19,23H,6-7,14-16H2,1-3H3,(H,25,28)/t19-,23+/m1/s1. The minimum atomic E-state index is -0.177. The molecule has 6 nitrogen and oxygen atoms in total. The molecule has 29 heavy (non-hydrogen) atoms. The van der Waals surface area contributed by atoms with Crippen LogP contribution in [0, 0.1) is 5.92 Å². The molecule has 2 aromatic rings. The van der Waals surface area contributed by atoms with Crippen LogP contribution in [0.1, 0.15) is 37.1 Å². The second-order valence-corrected chi connectivity index (χ2v) is 7.91. The highest BCUT2D eigenvalue weighted by atomic mass is 16.2. The molecule has 0 bridgehead atoms. The van der Waals surface area contributed by atoms with E-state index < -0.39 is 0 Å². The van der Waals surface area contributed by atoms with Gasteiger partial charge in [0.25, 0.3) is 0 Å². The third kappa shape index (κ3) is 5.56. The van der Waals surface area contributed by atoms with Gasteiger partial charge in [0.15, 0.2) is 0 Å². The first-order valence-electron chi connectivity index (χ1n) is 10.2. The lowest BCUT2D eigenvalue weighted by Crippen LogP contribution is -2.45. The molecule has 154 valence electrons. The van der Waals surface area contributed by atoms with Gasteiger partial charge >= 0.3 is 0 Å². The summed E-state index contributed by atoms with van der Waals surface area (Å²) in [6.45, 7) is 2.93. The number of anilines is 1. The van der Waals surface area contributed by atoms with Gasteiger partial charge in [0.2, 0.25) is 11.8 Å². The normalized spacial score (nSPS) is 17.5. The Kier molecular flexibility index (Phi) is 6.86. The van der Waals surface area contributed by atoms with Crippen LogP contribution >= 0.6 is 0 Å². The number of likely N-dealkylation sites (tertiary alicyclic amines) is 1. The molecule has 2 heterocycles. The van der Waals surface area contributed by atoms with E-state index in [1.165, 1.54) is 6.92 Å². The molecule has 0 spiro atoms. The van der Waals surface area contributed by atoms with E-state index in [0.29, 0.717) is 13.0 Å². The van der Waals surface area contributed by atoms with E-state index in [9.17, 15) is 9.59 Å². The smallest absolute Gasteiger partial charge is 0.226 e. The Balaban J connectivity index is 1.68. The summed E-state index contributed by atoms with van der Waals surface area (Å²) in [5.74, 6) is 0.211. The predicted molar refractivity (Wildman–Crippen MR) is 115 cm³/mol. The number of amides is 2. The lowest BCUT2D eigenvalue weighted by atomic mass is 9.88. The molecule has 2 amide bonds. The van der Waals surface area contributed by atoms with Gasteiger partial charge in [-0.25, -0.2) is 0 Å². The molecule has 1 aliphatic heterocycles. The Morgan fingerprint density at radius 1 is 1.21 bits per heavy atom. The van der Waals surface area contributed by atoms with Crippen LogP contribution in [0.2, 0.25) is 0 Å². The first-order chi connectivity index (χ1) is 13.9. The van der Waals surface area contributed by atoms with Crippen molar-refractivity contribution in [1.82, 2.24) is 15.2 Å². The van der Waals surface area contributed by atoms with Crippen molar-refractivity contribution < 1.29 is 9.59 Å². The number of hydrogen-bond acceptors (Lipinski definition) is 4. The molecule has 1 saturated heterocycles. The van der Waals surface area contributed by atoms with Gasteiger partial charge in [0.05, 0.1) is 18.2 Å². The van der Waals surface area contributed by atoms with Gasteiger partial charge in [0.1, 0.15) is 0 Å². The molecule has 1 aromatic carbocycles. The zero-order valence-electron chi connectivity index (χ0n) is 17.5. The number of hydrogen-bond donors (Lipinski definition) is 1. The van der Waals surface area contributed by atoms with Gasteiger partial charge in [0, 0.05) is 51.9 Å². The Bertz CT molecular complexity index is 821. The second-order valence-electron chi connectivity index (χ2n) is 7.91. The number of carbonyl (C=O) groups excluding carboxylic acids is 2. The Hall–Kier alpha value is -2.89. The van der Waals surface area contributed by atoms with Gasteiger partial charge in [-0.3, -0.25) is 14.6 Å². The van der Waals surface area contributed by atoms with Gasteiger partial charge < -0.3 is 15.1 Å². The number of pyridine rings is 1. The number of carbonyl (C=O) groups is 2. The molecule has 6 heteroatoms. The van der Waals surface area contributed by atoms with Crippen LogP contribution in [-0.2, 0) is 16.0 Å². The highest BCUT2D eigenvalue weighted by Crippen LogP contribution is 2.29. The van der Waals surface area contributed by atoms with Crippen LogP contribution in [0.3, 0.4) is 0 Å². The van der Waals surface area contributed by atoms with Crippen molar-refractivity contribution in [2.24, 2.45) is 5.92 Å². The van der Waals surface area contributed by atoms with Crippen molar-refractivity contribution in [2.45, 2.75) is 32.2 Å². The molecule has 1 fully saturated rings. The van der Waals surface area contributed by atoms with Crippen LogP contribution in [0.5, 0.6) is 0 Å². The molecule has 0 aliphatic carbocycles. The molecule has 0 radical (unpaired) electrons. The summed E-state index contributed by atoms with van der Waals surface area (Å²) in [5, 5.41) is 3.05. The summed E-state index contributed by atoms with van der Waals surface area (Å²) >= 11 is 0. The largest absolute Gasteiger partial charge is 0.378 e. The van der Waals surface area contributed by atoms with Crippen LogP contribution < -0.4 is 10.2 Å². The van der Waals surface area contributed by atoms with Gasteiger partial charge in [-0.1, -0.05) is 18.2 Å². The molecule has 1 aromatic heterocycles. The number of aromatic nitrogens is 1. The zero-order chi connectivity index (χ0) is 20.8. The quantitative estimate of drug-likeness (QED) is 0.818. The Morgan fingerprint density at radius 3 is 2.59 bits per heavy atom. The summed E-state index contributed by atoms with van der Waals surface area (Å²) < 4.78 is 0. The highest BCUT2D eigenvalue weighted by Gasteiger charge is 2.31. The minimum absolute atomic E-state index is 0.0786. The molecule has 0 saturated carbocycles. The van der Waals surface area contributed by atoms with Crippen molar-refractivity contribution in [2.75, 3.05) is 32.1 Å². The fourth-order valence-corrected chi connectivity index (χ4v) is 3.92. The second kappa shape index (κ2) is 9.54. The van der Waals surface area contributed by atoms with E-state index in [-0.39, 0.29) is 23.8 Å². The fraction of sp³-hybridized carbons (Fsp3) is 0.435. The van der Waals surface area contributed by atoms with Crippen LogP contribution in [0.25, 0.3) is 0 Å². The molecule has 1 aliphatic rings. The monoisotopic (exact) mass is 394 g/mol. The maximum absolute atomic E-state index is 12.9. The lowest BCUT2D eigenvalue weighted by Gasteiger charge is -2.37. The van der Waals surface area contributed by atoms with E-state index in [4.69, 9.17) is 0 Å². The maximum Gasteiger partial charge on any atom is 0.226 e. The van der Waals surface area contributed by atoms with Crippen LogP contribution in [-0.4, -0.2) is 48.9 Å². The topological polar surface area (TPSA) is 65.5 Å². The van der Waals surface area contributed by atoms with Crippen LogP contribution in [0.4, 0.5) is 5.69 Å². The van der Waals surface area contributed by atoms with Crippen molar-refractivity contribution in [3.8, 4) is 0 Å². The maximum atomic E-state index is 12.9. The lowest BCUT2D eigenvalue weighted by molar-refractivity contribution is -0.132. The number of rotatable bonds is 6. The Morgan fingerprint density at radius 2 is 1.97 bits per heavy atom. The minimum Gasteiger partial charge on any atom is -0.378 e. The molecular weight excluding hydrogens is 364 g/mol. The molecule has 1 N–H and O–H groups in total. The summed E-state index contributed by atoms with van der Waals surface area (Å²) in [6.07, 6.45) is 4.03. The number of piperidine rings is 1. The molecular formula is C23H30N4O2. The van der Waals surface area contributed by atoms with E-state index in [0.717, 1.165) is 36.3 Å². The number of benzene rings is 1. The predicted octanol–water partition coefficient (Wildman–Crippen LogP) is 2.81. The van der Waals surface area contributed by atoms with E-state index >= 15 is 0 Å². The van der Waals surface area contributed by atoms with Crippen molar-refractivity contribution in [3.63, 3.8) is 0 Å². The van der Waals surface area contributed by atoms with Crippen molar-refractivity contribution in [1.29, 1.82) is 0 Å². The highest BCUT2D eigenvalue weighted by molar-refractivity contribution is 5.79. The summed E-state index contributed by atoms with van der Waals surface area (Å²) in [6, 6.07) is 13.7. The van der Waals surface area contributed by atoms with E-state index in [2.05, 4.69) is 10.3 Å². The SMILES string of the molecule is CC(=O)N[C@H](c1ccccn1)[C@@H]1CCCN(C(=O)Cc2ccc(N(C)C)cc2)C1.